The summed E-state index contributed by atoms with van der Waals surface area (Å²) in [7, 11) is 0. The van der Waals surface area contributed by atoms with Crippen LogP contribution in [0.4, 0.5) is 0 Å². The minimum absolute atomic E-state index is 0.320. The van der Waals surface area contributed by atoms with E-state index < -0.39 is 0 Å². The summed E-state index contributed by atoms with van der Waals surface area (Å²) in [6.07, 6.45) is 8.94. The van der Waals surface area contributed by atoms with Crippen LogP contribution in [0.5, 0.6) is 0 Å². The maximum atomic E-state index is 10.6. The number of rotatable bonds is 10. The number of carbonyl (C=O) groups is 1. The second kappa shape index (κ2) is 11.1. The molecule has 0 rings (SSSR count). The Morgan fingerprint density at radius 3 is 2.29 bits per heavy atom. The van der Waals surface area contributed by atoms with Crippen LogP contribution in [-0.4, -0.2) is 17.3 Å². The third-order valence-electron chi connectivity index (χ3n) is 2.24. The highest BCUT2D eigenvalue weighted by Crippen LogP contribution is 2.10. The van der Waals surface area contributed by atoms with Crippen LogP contribution in [-0.2, 0) is 4.79 Å². The van der Waals surface area contributed by atoms with Crippen LogP contribution < -0.4 is 0 Å². The normalized spacial score (nSPS) is 10.4. The maximum Gasteiger partial charge on any atom is 0.130 e. The van der Waals surface area contributed by atoms with Gasteiger partial charge >= 0.3 is 0 Å². The molecule has 0 atom stereocenters. The van der Waals surface area contributed by atoms with Crippen LogP contribution in [0.25, 0.3) is 0 Å². The number of hydrogen-bond acceptors (Lipinski definition) is 2. The molecule has 0 fully saturated rings. The van der Waals surface area contributed by atoms with Crippen LogP contribution >= 0.6 is 11.8 Å². The molecule has 0 aromatic carbocycles. The predicted molar refractivity (Wildman–Crippen MR) is 66.0 cm³/mol. The summed E-state index contributed by atoms with van der Waals surface area (Å²) in [5, 5.41) is 0. The summed E-state index contributed by atoms with van der Waals surface area (Å²) in [5.41, 5.74) is 0. The number of ketones is 1. The van der Waals surface area contributed by atoms with E-state index in [9.17, 15) is 4.79 Å². The van der Waals surface area contributed by atoms with Crippen molar-refractivity contribution in [1.82, 2.24) is 0 Å². The first-order chi connectivity index (χ1) is 6.77. The Labute approximate surface area is 93.0 Å². The molecule has 0 aromatic heterocycles. The minimum atomic E-state index is 0.320. The van der Waals surface area contributed by atoms with Gasteiger partial charge in [0, 0.05) is 12.2 Å². The Balaban J connectivity index is 2.88. The number of hydrogen-bond donors (Lipinski definition) is 0. The quantitative estimate of drug-likeness (QED) is 0.512. The molecule has 0 aliphatic carbocycles. The molecule has 0 saturated carbocycles. The van der Waals surface area contributed by atoms with Gasteiger partial charge in [0.05, 0.1) is 0 Å². The molecule has 0 bridgehead atoms. The standard InChI is InChI=1S/C12H24OS/c1-3-4-5-6-7-8-10-14-11-9-12(2)13/h3-11H2,1-2H3. The van der Waals surface area contributed by atoms with E-state index in [-0.39, 0.29) is 0 Å². The molecule has 2 heteroatoms. The topological polar surface area (TPSA) is 17.1 Å². The zero-order valence-electron chi connectivity index (χ0n) is 9.68. The van der Waals surface area contributed by atoms with Gasteiger partial charge in [-0.25, -0.2) is 0 Å². The largest absolute Gasteiger partial charge is 0.300 e. The van der Waals surface area contributed by atoms with Gasteiger partial charge in [-0.2, -0.15) is 11.8 Å². The average molecular weight is 216 g/mol. The molecule has 0 unspecified atom stereocenters. The van der Waals surface area contributed by atoms with E-state index in [1.165, 1.54) is 44.3 Å². The molecule has 0 radical (unpaired) electrons. The van der Waals surface area contributed by atoms with Crippen molar-refractivity contribution in [2.24, 2.45) is 0 Å². The summed E-state index contributed by atoms with van der Waals surface area (Å²) in [5.74, 6) is 2.57. The Morgan fingerprint density at radius 1 is 1.00 bits per heavy atom. The third kappa shape index (κ3) is 12.0. The van der Waals surface area contributed by atoms with Crippen molar-refractivity contribution in [1.29, 1.82) is 0 Å². The predicted octanol–water partition coefficient (Wildman–Crippen LogP) is 4.06. The highest BCUT2D eigenvalue weighted by Gasteiger charge is 1.94. The van der Waals surface area contributed by atoms with Crippen LogP contribution in [0.3, 0.4) is 0 Å². The van der Waals surface area contributed by atoms with Crippen molar-refractivity contribution in [2.75, 3.05) is 11.5 Å². The molecule has 0 aliphatic rings. The van der Waals surface area contributed by atoms with Crippen LogP contribution in [0.2, 0.25) is 0 Å². The SMILES string of the molecule is CCCCCCCCSCCC(C)=O. The summed E-state index contributed by atoms with van der Waals surface area (Å²) in [4.78, 5) is 10.6. The number of Topliss-reactive ketones (excluding diaryl/α,β-unsaturated/α-hetero) is 1. The molecule has 0 spiro atoms. The lowest BCUT2D eigenvalue weighted by atomic mass is 10.1. The molecule has 0 amide bonds. The molecular formula is C12H24OS. The Kier molecular flexibility index (Phi) is 11.1. The first-order valence-electron chi connectivity index (χ1n) is 5.84. The second-order valence-corrected chi connectivity index (χ2v) is 5.06. The molecule has 0 saturated heterocycles. The third-order valence-corrected chi connectivity index (χ3v) is 3.31. The summed E-state index contributed by atoms with van der Waals surface area (Å²) in [6, 6.07) is 0. The van der Waals surface area contributed by atoms with Gasteiger partial charge in [0.25, 0.3) is 0 Å². The molecular weight excluding hydrogens is 192 g/mol. The van der Waals surface area contributed by atoms with Crippen molar-refractivity contribution in [3.8, 4) is 0 Å². The highest BCUT2D eigenvalue weighted by atomic mass is 32.2. The summed E-state index contributed by atoms with van der Waals surface area (Å²) in [6.45, 7) is 3.92. The van der Waals surface area contributed by atoms with Crippen LogP contribution in [0.15, 0.2) is 0 Å². The fourth-order valence-electron chi connectivity index (χ4n) is 1.30. The smallest absolute Gasteiger partial charge is 0.130 e. The lowest BCUT2D eigenvalue weighted by Crippen LogP contribution is -1.92. The molecule has 84 valence electrons. The van der Waals surface area contributed by atoms with E-state index in [1.54, 1.807) is 6.92 Å². The van der Waals surface area contributed by atoms with Gasteiger partial charge in [-0.1, -0.05) is 39.0 Å². The Morgan fingerprint density at radius 2 is 1.64 bits per heavy atom. The van der Waals surface area contributed by atoms with Gasteiger partial charge in [0.2, 0.25) is 0 Å². The molecule has 0 N–H and O–H groups in total. The summed E-state index contributed by atoms with van der Waals surface area (Å²) < 4.78 is 0. The Bertz CT molecular complexity index is 134. The van der Waals surface area contributed by atoms with Gasteiger partial charge < -0.3 is 0 Å². The number of unbranched alkanes of at least 4 members (excludes halogenated alkanes) is 5. The lowest BCUT2D eigenvalue weighted by molar-refractivity contribution is -0.116. The van der Waals surface area contributed by atoms with E-state index >= 15 is 0 Å². The lowest BCUT2D eigenvalue weighted by Gasteiger charge is -2.00. The molecule has 14 heavy (non-hydrogen) atoms. The average Bonchev–Trinajstić information content (AvgIpc) is 2.15. The fourth-order valence-corrected chi connectivity index (χ4v) is 2.35. The maximum absolute atomic E-state index is 10.6. The van der Waals surface area contributed by atoms with Gasteiger partial charge in [-0.3, -0.25) is 4.79 Å². The number of carbonyl (C=O) groups excluding carboxylic acids is 1. The summed E-state index contributed by atoms with van der Waals surface area (Å²) >= 11 is 1.92. The van der Waals surface area contributed by atoms with Crippen LogP contribution in [0, 0.1) is 0 Å². The van der Waals surface area contributed by atoms with Gasteiger partial charge in [0.1, 0.15) is 5.78 Å². The minimum Gasteiger partial charge on any atom is -0.300 e. The number of thioether (sulfide) groups is 1. The van der Waals surface area contributed by atoms with E-state index in [1.807, 2.05) is 11.8 Å². The van der Waals surface area contributed by atoms with Gasteiger partial charge in [-0.05, 0) is 19.1 Å². The van der Waals surface area contributed by atoms with E-state index in [0.29, 0.717) is 5.78 Å². The first-order valence-corrected chi connectivity index (χ1v) is 7.00. The van der Waals surface area contributed by atoms with Crippen molar-refractivity contribution in [3.05, 3.63) is 0 Å². The highest BCUT2D eigenvalue weighted by molar-refractivity contribution is 7.99. The monoisotopic (exact) mass is 216 g/mol. The van der Waals surface area contributed by atoms with E-state index in [0.717, 1.165) is 12.2 Å². The molecule has 0 heterocycles. The van der Waals surface area contributed by atoms with Gasteiger partial charge in [0.15, 0.2) is 0 Å². The van der Waals surface area contributed by atoms with E-state index in [2.05, 4.69) is 6.92 Å². The fraction of sp³-hybridized carbons (Fsp3) is 0.917. The molecule has 0 aliphatic heterocycles. The Hall–Kier alpha value is 0.0200. The first kappa shape index (κ1) is 14.0. The van der Waals surface area contributed by atoms with Gasteiger partial charge in [-0.15, -0.1) is 0 Å². The van der Waals surface area contributed by atoms with Crippen molar-refractivity contribution >= 4 is 17.5 Å². The molecule has 0 aromatic rings. The van der Waals surface area contributed by atoms with Crippen LogP contribution in [0.1, 0.15) is 58.8 Å². The zero-order valence-corrected chi connectivity index (χ0v) is 10.5. The van der Waals surface area contributed by atoms with E-state index in [4.69, 9.17) is 0 Å². The van der Waals surface area contributed by atoms with Crippen molar-refractivity contribution in [3.63, 3.8) is 0 Å². The zero-order chi connectivity index (χ0) is 10.6. The van der Waals surface area contributed by atoms with Crippen molar-refractivity contribution in [2.45, 2.75) is 58.8 Å². The van der Waals surface area contributed by atoms with Crippen molar-refractivity contribution < 1.29 is 4.79 Å². The molecule has 1 nitrogen and oxygen atoms in total. The second-order valence-electron chi connectivity index (χ2n) is 3.83.